The van der Waals surface area contributed by atoms with Crippen LogP contribution in [0.3, 0.4) is 0 Å². The molecule has 1 saturated heterocycles. The van der Waals surface area contributed by atoms with E-state index in [0.29, 0.717) is 24.8 Å². The van der Waals surface area contributed by atoms with Gasteiger partial charge in [-0.2, -0.15) is 4.31 Å². The maximum atomic E-state index is 12.6. The summed E-state index contributed by atoms with van der Waals surface area (Å²) in [7, 11) is -1.66. The first kappa shape index (κ1) is 15.3. The maximum Gasteiger partial charge on any atom is 0.244 e. The third-order valence-corrected chi connectivity index (χ3v) is 5.85. The molecule has 5 nitrogen and oxygen atoms in total. The normalized spacial score (nSPS) is 21.1. The second-order valence-corrected chi connectivity index (χ2v) is 8.28. The molecule has 0 saturated carbocycles. The smallest absolute Gasteiger partial charge is 0.244 e. The Morgan fingerprint density at radius 2 is 2.05 bits per heavy atom. The van der Waals surface area contributed by atoms with Crippen LogP contribution in [0.1, 0.15) is 27.2 Å². The Morgan fingerprint density at radius 3 is 2.50 bits per heavy atom. The lowest BCUT2D eigenvalue weighted by Crippen LogP contribution is -2.31. The molecule has 0 aromatic carbocycles. The number of aromatic nitrogens is 1. The van der Waals surface area contributed by atoms with E-state index >= 15 is 0 Å². The van der Waals surface area contributed by atoms with Gasteiger partial charge in [-0.3, -0.25) is 0 Å². The molecule has 1 aliphatic heterocycles. The molecule has 1 aliphatic rings. The van der Waals surface area contributed by atoms with Crippen molar-refractivity contribution in [3.63, 3.8) is 0 Å². The summed E-state index contributed by atoms with van der Waals surface area (Å²) in [5, 5.41) is 2.88. The zero-order valence-electron chi connectivity index (χ0n) is 12.5. The lowest BCUT2D eigenvalue weighted by molar-refractivity contribution is 0.252. The highest BCUT2D eigenvalue weighted by atomic mass is 32.2. The molecule has 1 aromatic rings. The van der Waals surface area contributed by atoms with Gasteiger partial charge in [0.1, 0.15) is 10.7 Å². The molecule has 1 fully saturated rings. The van der Waals surface area contributed by atoms with Gasteiger partial charge in [-0.15, -0.1) is 0 Å². The minimum atomic E-state index is -3.41. The van der Waals surface area contributed by atoms with Crippen LogP contribution in [0.15, 0.2) is 23.2 Å². The molecule has 2 heterocycles. The molecule has 1 atom stereocenters. The molecule has 1 N–H and O–H groups in total. The van der Waals surface area contributed by atoms with Gasteiger partial charge in [0.2, 0.25) is 10.0 Å². The SMILES string of the molecule is CNc1ccc(S(=O)(=O)N2CCC(C(C)(C)C)C2)cn1. The summed E-state index contributed by atoms with van der Waals surface area (Å²) in [5.41, 5.74) is 0.137. The van der Waals surface area contributed by atoms with Crippen molar-refractivity contribution >= 4 is 15.8 Å². The first-order valence-electron chi connectivity index (χ1n) is 6.89. The van der Waals surface area contributed by atoms with Crippen LogP contribution in [0.2, 0.25) is 0 Å². The van der Waals surface area contributed by atoms with E-state index in [1.807, 2.05) is 0 Å². The molecule has 0 amide bonds. The predicted octanol–water partition coefficient (Wildman–Crippen LogP) is 2.18. The van der Waals surface area contributed by atoms with Crippen LogP contribution in [0.25, 0.3) is 0 Å². The van der Waals surface area contributed by atoms with Crippen LogP contribution in [-0.4, -0.2) is 37.8 Å². The van der Waals surface area contributed by atoms with Crippen LogP contribution in [-0.2, 0) is 10.0 Å². The van der Waals surface area contributed by atoms with Gasteiger partial charge in [0.15, 0.2) is 0 Å². The summed E-state index contributed by atoms with van der Waals surface area (Å²) >= 11 is 0. The fraction of sp³-hybridized carbons (Fsp3) is 0.643. The van der Waals surface area contributed by atoms with E-state index in [2.05, 4.69) is 31.1 Å². The largest absolute Gasteiger partial charge is 0.373 e. The summed E-state index contributed by atoms with van der Waals surface area (Å²) < 4.78 is 26.7. The van der Waals surface area contributed by atoms with E-state index in [1.54, 1.807) is 23.5 Å². The highest BCUT2D eigenvalue weighted by Crippen LogP contribution is 2.35. The second-order valence-electron chi connectivity index (χ2n) is 6.34. The fourth-order valence-electron chi connectivity index (χ4n) is 2.48. The van der Waals surface area contributed by atoms with Crippen molar-refractivity contribution in [3.05, 3.63) is 18.3 Å². The second kappa shape index (κ2) is 5.33. The Labute approximate surface area is 121 Å². The first-order chi connectivity index (χ1) is 9.25. The number of nitrogens with zero attached hydrogens (tertiary/aromatic N) is 2. The molecule has 6 heteroatoms. The van der Waals surface area contributed by atoms with E-state index in [-0.39, 0.29) is 10.3 Å². The highest BCUT2D eigenvalue weighted by molar-refractivity contribution is 7.89. The number of anilines is 1. The molecule has 112 valence electrons. The Kier molecular flexibility index (Phi) is 4.07. The average Bonchev–Trinajstić information content (AvgIpc) is 2.89. The van der Waals surface area contributed by atoms with Crippen LogP contribution in [0.4, 0.5) is 5.82 Å². The van der Waals surface area contributed by atoms with Crippen LogP contribution in [0.5, 0.6) is 0 Å². The summed E-state index contributed by atoms with van der Waals surface area (Å²) in [5.74, 6) is 1.07. The van der Waals surface area contributed by atoms with Gasteiger partial charge in [-0.25, -0.2) is 13.4 Å². The van der Waals surface area contributed by atoms with E-state index in [4.69, 9.17) is 0 Å². The molecule has 0 radical (unpaired) electrons. The number of pyridine rings is 1. The van der Waals surface area contributed by atoms with Gasteiger partial charge < -0.3 is 5.32 Å². The lowest BCUT2D eigenvalue weighted by atomic mass is 9.80. The van der Waals surface area contributed by atoms with Crippen molar-refractivity contribution < 1.29 is 8.42 Å². The summed E-state index contributed by atoms with van der Waals surface area (Å²) in [6.45, 7) is 7.68. The number of nitrogens with one attached hydrogen (secondary N) is 1. The Bertz CT molecular complexity index is 561. The van der Waals surface area contributed by atoms with E-state index in [1.165, 1.54) is 6.20 Å². The molecule has 0 bridgehead atoms. The molecule has 2 rings (SSSR count). The highest BCUT2D eigenvalue weighted by Gasteiger charge is 2.37. The van der Waals surface area contributed by atoms with Gasteiger partial charge in [-0.05, 0) is 29.9 Å². The summed E-state index contributed by atoms with van der Waals surface area (Å²) in [6.07, 6.45) is 2.34. The maximum absolute atomic E-state index is 12.6. The Morgan fingerprint density at radius 1 is 1.35 bits per heavy atom. The van der Waals surface area contributed by atoms with Crippen LogP contribution >= 0.6 is 0 Å². The van der Waals surface area contributed by atoms with E-state index in [9.17, 15) is 8.42 Å². The van der Waals surface area contributed by atoms with Crippen LogP contribution < -0.4 is 5.32 Å². The minimum Gasteiger partial charge on any atom is -0.373 e. The molecular formula is C14H23N3O2S. The monoisotopic (exact) mass is 297 g/mol. The van der Waals surface area contributed by atoms with Gasteiger partial charge in [0.25, 0.3) is 0 Å². The molecule has 0 spiro atoms. The number of rotatable bonds is 3. The topological polar surface area (TPSA) is 62.3 Å². The minimum absolute atomic E-state index is 0.137. The number of sulfonamides is 1. The molecule has 0 aliphatic carbocycles. The summed E-state index contributed by atoms with van der Waals surface area (Å²) in [4.78, 5) is 4.36. The van der Waals surface area contributed by atoms with Crippen molar-refractivity contribution in [1.82, 2.24) is 9.29 Å². The quantitative estimate of drug-likeness (QED) is 0.929. The number of hydrogen-bond donors (Lipinski definition) is 1. The zero-order chi connectivity index (χ0) is 15.0. The van der Waals surface area contributed by atoms with Crippen molar-refractivity contribution in [3.8, 4) is 0 Å². The Balaban J connectivity index is 2.19. The Hall–Kier alpha value is -1.14. The predicted molar refractivity (Wildman–Crippen MR) is 80.1 cm³/mol. The van der Waals surface area contributed by atoms with Gasteiger partial charge >= 0.3 is 0 Å². The van der Waals surface area contributed by atoms with Crippen molar-refractivity contribution in [2.75, 3.05) is 25.5 Å². The molecule has 1 unspecified atom stereocenters. The van der Waals surface area contributed by atoms with Gasteiger partial charge in [0.05, 0.1) is 0 Å². The van der Waals surface area contributed by atoms with Crippen molar-refractivity contribution in [1.29, 1.82) is 0 Å². The van der Waals surface area contributed by atoms with Gasteiger partial charge in [-0.1, -0.05) is 20.8 Å². The molecular weight excluding hydrogens is 274 g/mol. The van der Waals surface area contributed by atoms with Crippen LogP contribution in [0, 0.1) is 11.3 Å². The molecule has 1 aromatic heterocycles. The third kappa shape index (κ3) is 2.96. The zero-order valence-corrected chi connectivity index (χ0v) is 13.4. The molecule has 20 heavy (non-hydrogen) atoms. The van der Waals surface area contributed by atoms with E-state index < -0.39 is 10.0 Å². The van der Waals surface area contributed by atoms with E-state index in [0.717, 1.165) is 6.42 Å². The standard InChI is InChI=1S/C14H23N3O2S/c1-14(2,3)11-7-8-17(10-11)20(18,19)12-5-6-13(15-4)16-9-12/h5-6,9,11H,7-8,10H2,1-4H3,(H,15,16). The average molecular weight is 297 g/mol. The van der Waals surface area contributed by atoms with Crippen molar-refractivity contribution in [2.24, 2.45) is 11.3 Å². The lowest BCUT2D eigenvalue weighted by Gasteiger charge is -2.26. The van der Waals surface area contributed by atoms with Crippen molar-refractivity contribution in [2.45, 2.75) is 32.1 Å². The first-order valence-corrected chi connectivity index (χ1v) is 8.33. The summed E-state index contributed by atoms with van der Waals surface area (Å²) in [6, 6.07) is 3.29. The number of hydrogen-bond acceptors (Lipinski definition) is 4. The third-order valence-electron chi connectivity index (χ3n) is 4.01. The van der Waals surface area contributed by atoms with Gasteiger partial charge in [0, 0.05) is 26.3 Å². The fourth-order valence-corrected chi connectivity index (χ4v) is 3.93.